The van der Waals surface area contributed by atoms with E-state index in [9.17, 15) is 10.1 Å². The fourth-order valence-electron chi connectivity index (χ4n) is 2.37. The van der Waals surface area contributed by atoms with Crippen molar-refractivity contribution < 1.29 is 14.3 Å². The van der Waals surface area contributed by atoms with Gasteiger partial charge in [0, 0.05) is 18.0 Å². The maximum Gasteiger partial charge on any atom is 0.267 e. The van der Waals surface area contributed by atoms with Crippen molar-refractivity contribution in [2.75, 3.05) is 24.9 Å². The molecule has 6 heteroatoms. The fourth-order valence-corrected chi connectivity index (χ4v) is 2.37. The molecular formula is C21H23N3O3. The maximum atomic E-state index is 12.3. The van der Waals surface area contributed by atoms with E-state index < -0.39 is 5.91 Å². The molecule has 0 aliphatic heterocycles. The molecule has 0 saturated carbocycles. The van der Waals surface area contributed by atoms with Crippen LogP contribution in [0.2, 0.25) is 0 Å². The summed E-state index contributed by atoms with van der Waals surface area (Å²) < 4.78 is 10.4. The number of nitriles is 1. The number of hydrogen-bond acceptors (Lipinski definition) is 5. The molecule has 0 aliphatic carbocycles. The van der Waals surface area contributed by atoms with Crippen molar-refractivity contribution in [1.29, 1.82) is 5.26 Å². The maximum absolute atomic E-state index is 12.3. The van der Waals surface area contributed by atoms with Gasteiger partial charge in [-0.05, 0) is 35.7 Å². The Hall–Kier alpha value is -3.46. The molecule has 0 spiro atoms. The Labute approximate surface area is 159 Å². The van der Waals surface area contributed by atoms with E-state index in [1.54, 1.807) is 25.3 Å². The minimum Gasteiger partial charge on any atom is -0.497 e. The highest BCUT2D eigenvalue weighted by atomic mass is 16.5. The highest BCUT2D eigenvalue weighted by molar-refractivity contribution is 6.06. The SMILES string of the molecule is COc1ccc(N/C=C(/C#N)C(=O)Nc2ccc(C(C)C)cc2)c(OC)c1. The normalized spacial score (nSPS) is 10.9. The lowest BCUT2D eigenvalue weighted by molar-refractivity contribution is -0.112. The Morgan fingerprint density at radius 1 is 1.11 bits per heavy atom. The second-order valence-electron chi connectivity index (χ2n) is 6.11. The standard InChI is InChI=1S/C21H23N3O3/c1-14(2)15-5-7-17(8-6-15)24-21(25)16(12-22)13-23-19-10-9-18(26-3)11-20(19)27-4/h5-11,13-14,23H,1-4H3,(H,24,25)/b16-13-. The summed E-state index contributed by atoms with van der Waals surface area (Å²) in [5.74, 6) is 1.10. The number of anilines is 2. The van der Waals surface area contributed by atoms with Crippen molar-refractivity contribution in [2.45, 2.75) is 19.8 Å². The van der Waals surface area contributed by atoms with E-state index in [-0.39, 0.29) is 5.57 Å². The third-order valence-electron chi connectivity index (χ3n) is 3.98. The molecule has 2 rings (SSSR count). The van der Waals surface area contributed by atoms with Crippen LogP contribution in [0, 0.1) is 11.3 Å². The van der Waals surface area contributed by atoms with Crippen LogP contribution in [0.15, 0.2) is 54.2 Å². The third-order valence-corrected chi connectivity index (χ3v) is 3.98. The number of benzene rings is 2. The summed E-state index contributed by atoms with van der Waals surface area (Å²) in [6.45, 7) is 4.20. The summed E-state index contributed by atoms with van der Waals surface area (Å²) in [6.07, 6.45) is 1.35. The van der Waals surface area contributed by atoms with E-state index in [4.69, 9.17) is 9.47 Å². The number of hydrogen-bond donors (Lipinski definition) is 2. The van der Waals surface area contributed by atoms with Gasteiger partial charge in [0.1, 0.15) is 23.1 Å². The van der Waals surface area contributed by atoms with Gasteiger partial charge in [-0.25, -0.2) is 0 Å². The molecule has 0 radical (unpaired) electrons. The second kappa shape index (κ2) is 9.30. The first-order valence-corrected chi connectivity index (χ1v) is 8.48. The van der Waals surface area contributed by atoms with E-state index in [2.05, 4.69) is 24.5 Å². The van der Waals surface area contributed by atoms with Gasteiger partial charge in [-0.15, -0.1) is 0 Å². The summed E-state index contributed by atoms with van der Waals surface area (Å²) in [6, 6.07) is 14.7. The zero-order valence-corrected chi connectivity index (χ0v) is 15.9. The van der Waals surface area contributed by atoms with Crippen LogP contribution < -0.4 is 20.1 Å². The van der Waals surface area contributed by atoms with Crippen LogP contribution in [-0.4, -0.2) is 20.1 Å². The third kappa shape index (κ3) is 5.25. The number of rotatable bonds is 7. The molecule has 1 amide bonds. The van der Waals surface area contributed by atoms with E-state index in [0.717, 1.165) is 0 Å². The number of ether oxygens (including phenoxy) is 2. The number of carbonyl (C=O) groups excluding carboxylic acids is 1. The first-order valence-electron chi connectivity index (χ1n) is 8.48. The molecule has 0 unspecified atom stereocenters. The molecule has 0 atom stereocenters. The van der Waals surface area contributed by atoms with Crippen molar-refractivity contribution in [3.63, 3.8) is 0 Å². The van der Waals surface area contributed by atoms with Crippen LogP contribution in [0.25, 0.3) is 0 Å². The van der Waals surface area contributed by atoms with Gasteiger partial charge >= 0.3 is 0 Å². The number of carbonyl (C=O) groups is 1. The van der Waals surface area contributed by atoms with Gasteiger partial charge in [-0.1, -0.05) is 26.0 Å². The monoisotopic (exact) mass is 365 g/mol. The zero-order valence-electron chi connectivity index (χ0n) is 15.9. The largest absolute Gasteiger partial charge is 0.497 e. The number of amides is 1. The van der Waals surface area contributed by atoms with Gasteiger partial charge in [0.05, 0.1) is 19.9 Å². The average Bonchev–Trinajstić information content (AvgIpc) is 2.68. The Bertz CT molecular complexity index is 865. The number of methoxy groups -OCH3 is 2. The van der Waals surface area contributed by atoms with Crippen LogP contribution in [0.5, 0.6) is 11.5 Å². The van der Waals surface area contributed by atoms with Crippen molar-refractivity contribution in [1.82, 2.24) is 0 Å². The van der Waals surface area contributed by atoms with Gasteiger partial charge < -0.3 is 20.1 Å². The minimum absolute atomic E-state index is 0.0548. The Morgan fingerprint density at radius 3 is 2.37 bits per heavy atom. The number of nitrogens with one attached hydrogen (secondary N) is 2. The molecule has 2 N–H and O–H groups in total. The summed E-state index contributed by atoms with van der Waals surface area (Å²) >= 11 is 0. The Balaban J connectivity index is 2.11. The Morgan fingerprint density at radius 2 is 1.81 bits per heavy atom. The summed E-state index contributed by atoms with van der Waals surface area (Å²) in [5.41, 5.74) is 2.37. The van der Waals surface area contributed by atoms with Gasteiger partial charge in [0.15, 0.2) is 0 Å². The molecule has 0 saturated heterocycles. The van der Waals surface area contributed by atoms with Crippen LogP contribution in [0.1, 0.15) is 25.3 Å². The van der Waals surface area contributed by atoms with Crippen molar-refractivity contribution >= 4 is 17.3 Å². The van der Waals surface area contributed by atoms with Crippen molar-refractivity contribution in [3.05, 3.63) is 59.8 Å². The van der Waals surface area contributed by atoms with E-state index in [1.807, 2.05) is 30.3 Å². The van der Waals surface area contributed by atoms with Gasteiger partial charge in [0.2, 0.25) is 0 Å². The number of nitrogens with zero attached hydrogens (tertiary/aromatic N) is 1. The summed E-state index contributed by atoms with van der Waals surface area (Å²) in [7, 11) is 3.09. The van der Waals surface area contributed by atoms with Gasteiger partial charge in [0.25, 0.3) is 5.91 Å². The molecule has 2 aromatic rings. The molecule has 0 heterocycles. The van der Waals surface area contributed by atoms with Crippen LogP contribution in [0.3, 0.4) is 0 Å². The lowest BCUT2D eigenvalue weighted by Gasteiger charge is -2.11. The molecule has 140 valence electrons. The lowest BCUT2D eigenvalue weighted by Crippen LogP contribution is -2.14. The van der Waals surface area contributed by atoms with E-state index in [1.165, 1.54) is 18.9 Å². The first kappa shape index (κ1) is 19.9. The van der Waals surface area contributed by atoms with E-state index in [0.29, 0.717) is 28.8 Å². The van der Waals surface area contributed by atoms with Gasteiger partial charge in [-0.2, -0.15) is 5.26 Å². The molecule has 2 aromatic carbocycles. The first-order chi connectivity index (χ1) is 13.0. The predicted octanol–water partition coefficient (Wildman–Crippen LogP) is 4.29. The van der Waals surface area contributed by atoms with Crippen LogP contribution in [-0.2, 0) is 4.79 Å². The summed E-state index contributed by atoms with van der Waals surface area (Å²) in [5, 5.41) is 15.0. The smallest absolute Gasteiger partial charge is 0.267 e. The lowest BCUT2D eigenvalue weighted by atomic mass is 10.0. The molecule has 27 heavy (non-hydrogen) atoms. The second-order valence-corrected chi connectivity index (χ2v) is 6.11. The van der Waals surface area contributed by atoms with Crippen molar-refractivity contribution in [3.8, 4) is 17.6 Å². The molecule has 6 nitrogen and oxygen atoms in total. The molecular weight excluding hydrogens is 342 g/mol. The van der Waals surface area contributed by atoms with Crippen molar-refractivity contribution in [2.24, 2.45) is 0 Å². The quantitative estimate of drug-likeness (QED) is 0.565. The highest BCUT2D eigenvalue weighted by Crippen LogP contribution is 2.29. The van der Waals surface area contributed by atoms with Crippen LogP contribution >= 0.6 is 0 Å². The molecule has 0 fully saturated rings. The molecule has 0 aliphatic rings. The Kier molecular flexibility index (Phi) is 6.84. The molecule has 0 aromatic heterocycles. The fraction of sp³-hybridized carbons (Fsp3) is 0.238. The van der Waals surface area contributed by atoms with E-state index >= 15 is 0 Å². The topological polar surface area (TPSA) is 83.4 Å². The molecule has 0 bridgehead atoms. The zero-order chi connectivity index (χ0) is 19.8. The average molecular weight is 365 g/mol. The highest BCUT2D eigenvalue weighted by Gasteiger charge is 2.11. The van der Waals surface area contributed by atoms with Gasteiger partial charge in [-0.3, -0.25) is 4.79 Å². The summed E-state index contributed by atoms with van der Waals surface area (Å²) in [4.78, 5) is 12.3. The minimum atomic E-state index is -0.491. The predicted molar refractivity (Wildman–Crippen MR) is 106 cm³/mol. The van der Waals surface area contributed by atoms with Crippen LogP contribution in [0.4, 0.5) is 11.4 Å².